The molecule has 2 aromatic heterocycles. The van der Waals surface area contributed by atoms with Crippen LogP contribution in [0.3, 0.4) is 0 Å². The Balaban J connectivity index is 2.32. The van der Waals surface area contributed by atoms with Gasteiger partial charge in [0, 0.05) is 11.9 Å². The molecule has 3 rings (SSSR count). The van der Waals surface area contributed by atoms with Gasteiger partial charge in [0.15, 0.2) is 0 Å². The van der Waals surface area contributed by atoms with Crippen LogP contribution in [0.5, 0.6) is 5.75 Å². The van der Waals surface area contributed by atoms with E-state index in [4.69, 9.17) is 11.6 Å². The summed E-state index contributed by atoms with van der Waals surface area (Å²) >= 11 is 6.25. The quantitative estimate of drug-likeness (QED) is 0.767. The van der Waals surface area contributed by atoms with E-state index in [2.05, 4.69) is 4.98 Å². The second-order valence-corrected chi connectivity index (χ2v) is 4.76. The van der Waals surface area contributed by atoms with E-state index in [-0.39, 0.29) is 5.75 Å². The number of aryl methyl sites for hydroxylation is 1. The van der Waals surface area contributed by atoms with Gasteiger partial charge in [-0.3, -0.25) is 4.98 Å². The Bertz CT molecular complexity index is 735. The van der Waals surface area contributed by atoms with Gasteiger partial charge in [0.1, 0.15) is 5.75 Å². The van der Waals surface area contributed by atoms with Gasteiger partial charge in [0.05, 0.1) is 27.8 Å². The fourth-order valence-corrected chi connectivity index (χ4v) is 2.54. The number of aromatic hydroxyl groups is 1. The smallest absolute Gasteiger partial charge is 0.147 e. The lowest BCUT2D eigenvalue weighted by Crippen LogP contribution is -1.93. The van der Waals surface area contributed by atoms with Crippen LogP contribution < -0.4 is 0 Å². The van der Waals surface area contributed by atoms with Gasteiger partial charge in [-0.15, -0.1) is 0 Å². The molecule has 0 spiro atoms. The topological polar surface area (TPSA) is 38.0 Å². The normalized spacial score (nSPS) is 11.1. The minimum Gasteiger partial charge on any atom is -0.505 e. The molecule has 2 heterocycles. The highest BCUT2D eigenvalue weighted by Crippen LogP contribution is 2.36. The second-order valence-electron chi connectivity index (χ2n) is 4.35. The van der Waals surface area contributed by atoms with E-state index < -0.39 is 0 Å². The number of rotatable bonds is 2. The third-order valence-corrected chi connectivity index (χ3v) is 3.51. The first-order valence-corrected chi connectivity index (χ1v) is 6.53. The lowest BCUT2D eigenvalue weighted by Gasteiger charge is -2.06. The molecule has 0 radical (unpaired) electrons. The molecule has 0 aliphatic heterocycles. The average molecular weight is 273 g/mol. The van der Waals surface area contributed by atoms with Crippen LogP contribution >= 0.6 is 11.6 Å². The molecule has 0 amide bonds. The molecule has 3 nitrogen and oxygen atoms in total. The first-order chi connectivity index (χ1) is 9.22. The summed E-state index contributed by atoms with van der Waals surface area (Å²) in [6.45, 7) is 1.95. The van der Waals surface area contributed by atoms with Crippen molar-refractivity contribution < 1.29 is 5.11 Å². The maximum atomic E-state index is 10.2. The maximum Gasteiger partial charge on any atom is 0.147 e. The third kappa shape index (κ3) is 1.87. The highest BCUT2D eigenvalue weighted by Gasteiger charge is 2.15. The Morgan fingerprint density at radius 1 is 1.26 bits per heavy atom. The van der Waals surface area contributed by atoms with Crippen LogP contribution in [0.1, 0.15) is 12.6 Å². The molecule has 19 heavy (non-hydrogen) atoms. The zero-order chi connectivity index (χ0) is 13.4. The molecule has 0 unspecified atom stereocenters. The summed E-state index contributed by atoms with van der Waals surface area (Å²) < 4.78 is 1.93. The Morgan fingerprint density at radius 2 is 2.00 bits per heavy atom. The molecule has 1 aromatic carbocycles. The molecule has 0 atom stereocenters. The lowest BCUT2D eigenvalue weighted by atomic mass is 10.2. The van der Waals surface area contributed by atoms with Crippen LogP contribution in [0.15, 0.2) is 42.7 Å². The molecule has 96 valence electrons. The zero-order valence-electron chi connectivity index (χ0n) is 10.5. The molecule has 0 saturated carbocycles. The van der Waals surface area contributed by atoms with E-state index >= 15 is 0 Å². The van der Waals surface area contributed by atoms with Gasteiger partial charge in [0.2, 0.25) is 0 Å². The molecule has 0 aliphatic carbocycles. The number of fused-ring (bicyclic) bond motifs is 1. The lowest BCUT2D eigenvalue weighted by molar-refractivity contribution is 0.471. The van der Waals surface area contributed by atoms with E-state index in [1.54, 1.807) is 6.20 Å². The van der Waals surface area contributed by atoms with Crippen molar-refractivity contribution in [3.63, 3.8) is 0 Å². The summed E-state index contributed by atoms with van der Waals surface area (Å²) in [6, 6.07) is 9.86. The third-order valence-electron chi connectivity index (χ3n) is 3.22. The van der Waals surface area contributed by atoms with E-state index in [0.29, 0.717) is 22.5 Å². The molecule has 0 bridgehead atoms. The number of aromatic nitrogens is 2. The average Bonchev–Trinajstić information content (AvgIpc) is 2.78. The Hall–Kier alpha value is -2.00. The highest BCUT2D eigenvalue weighted by atomic mass is 35.5. The van der Waals surface area contributed by atoms with Gasteiger partial charge in [-0.1, -0.05) is 36.7 Å². The predicted molar refractivity (Wildman–Crippen MR) is 77.1 cm³/mol. The van der Waals surface area contributed by atoms with Crippen LogP contribution in [-0.2, 0) is 6.42 Å². The number of nitrogens with zero attached hydrogens (tertiary/aromatic N) is 2. The van der Waals surface area contributed by atoms with Gasteiger partial charge in [-0.25, -0.2) is 0 Å². The summed E-state index contributed by atoms with van der Waals surface area (Å²) in [5, 5.41) is 11.4. The standard InChI is InChI=1S/C15H13ClN2O/c1-2-12-15(19)14-11(16)9-18(13(14)8-17-12)10-6-4-3-5-7-10/h3-9,19H,2H2,1H3. The maximum absolute atomic E-state index is 10.2. The summed E-state index contributed by atoms with van der Waals surface area (Å²) in [5.74, 6) is 0.180. The Labute approximate surface area is 116 Å². The largest absolute Gasteiger partial charge is 0.505 e. The zero-order valence-corrected chi connectivity index (χ0v) is 11.2. The van der Waals surface area contributed by atoms with Gasteiger partial charge in [-0.05, 0) is 18.6 Å². The summed E-state index contributed by atoms with van der Waals surface area (Å²) in [5.41, 5.74) is 2.47. The number of pyridine rings is 1. The number of hydrogen-bond donors (Lipinski definition) is 1. The van der Waals surface area contributed by atoms with E-state index in [1.165, 1.54) is 0 Å². The predicted octanol–water partition coefficient (Wildman–Crippen LogP) is 3.95. The van der Waals surface area contributed by atoms with Crippen LogP contribution in [0.4, 0.5) is 0 Å². The van der Waals surface area contributed by atoms with Crippen LogP contribution in [0, 0.1) is 0 Å². The highest BCUT2D eigenvalue weighted by molar-refractivity contribution is 6.36. The summed E-state index contributed by atoms with van der Waals surface area (Å²) in [7, 11) is 0. The van der Waals surface area contributed by atoms with Crippen LogP contribution in [0.2, 0.25) is 5.02 Å². The van der Waals surface area contributed by atoms with Gasteiger partial charge in [0.25, 0.3) is 0 Å². The van der Waals surface area contributed by atoms with Crippen molar-refractivity contribution in [3.05, 3.63) is 53.4 Å². The van der Waals surface area contributed by atoms with Crippen molar-refractivity contribution in [2.45, 2.75) is 13.3 Å². The molecule has 0 saturated heterocycles. The van der Waals surface area contributed by atoms with E-state index in [9.17, 15) is 5.11 Å². The Morgan fingerprint density at radius 3 is 2.68 bits per heavy atom. The SMILES string of the molecule is CCc1ncc2c(c(Cl)cn2-c2ccccc2)c1O. The van der Waals surface area contributed by atoms with Gasteiger partial charge in [-0.2, -0.15) is 0 Å². The molecule has 0 aliphatic rings. The minimum absolute atomic E-state index is 0.180. The molecule has 1 N–H and O–H groups in total. The fraction of sp³-hybridized carbons (Fsp3) is 0.133. The fourth-order valence-electron chi connectivity index (χ4n) is 2.26. The monoisotopic (exact) mass is 272 g/mol. The van der Waals surface area contributed by atoms with Crippen molar-refractivity contribution in [2.75, 3.05) is 0 Å². The molecule has 3 aromatic rings. The Kier molecular flexibility index (Phi) is 2.91. The molecule has 4 heteroatoms. The van der Waals surface area contributed by atoms with Crippen molar-refractivity contribution >= 4 is 22.5 Å². The molecule has 0 fully saturated rings. The number of hydrogen-bond acceptors (Lipinski definition) is 2. The first-order valence-electron chi connectivity index (χ1n) is 6.15. The van der Waals surface area contributed by atoms with Crippen molar-refractivity contribution in [1.29, 1.82) is 0 Å². The second kappa shape index (κ2) is 4.59. The van der Waals surface area contributed by atoms with Crippen LogP contribution in [0.25, 0.3) is 16.6 Å². The molecular formula is C15H13ClN2O. The van der Waals surface area contributed by atoms with E-state index in [1.807, 2.05) is 48.0 Å². The first kappa shape index (κ1) is 12.1. The number of para-hydroxylation sites is 1. The van der Waals surface area contributed by atoms with Gasteiger partial charge < -0.3 is 9.67 Å². The number of benzene rings is 1. The summed E-state index contributed by atoms with van der Waals surface area (Å²) in [6.07, 6.45) is 4.24. The number of halogens is 1. The van der Waals surface area contributed by atoms with Crippen molar-refractivity contribution in [3.8, 4) is 11.4 Å². The van der Waals surface area contributed by atoms with Crippen molar-refractivity contribution in [2.24, 2.45) is 0 Å². The van der Waals surface area contributed by atoms with Crippen LogP contribution in [-0.4, -0.2) is 14.7 Å². The van der Waals surface area contributed by atoms with Crippen molar-refractivity contribution in [1.82, 2.24) is 9.55 Å². The van der Waals surface area contributed by atoms with Gasteiger partial charge >= 0.3 is 0 Å². The minimum atomic E-state index is 0.180. The molecular weight excluding hydrogens is 260 g/mol. The summed E-state index contributed by atoms with van der Waals surface area (Å²) in [4.78, 5) is 4.29. The van der Waals surface area contributed by atoms with E-state index in [0.717, 1.165) is 11.2 Å².